The van der Waals surface area contributed by atoms with Crippen LogP contribution in [0.3, 0.4) is 0 Å². The normalized spacial score (nSPS) is 24.7. The second-order valence-corrected chi connectivity index (χ2v) is 4.77. The second kappa shape index (κ2) is 6.59. The number of likely N-dealkylation sites (tertiary alicyclic amines) is 1. The minimum atomic E-state index is -0.820. The Morgan fingerprint density at radius 2 is 1.94 bits per heavy atom. The highest BCUT2D eigenvalue weighted by Gasteiger charge is 2.26. The molecule has 2 N–H and O–H groups in total. The molecule has 0 aromatic carbocycles. The molecule has 1 heterocycles. The Morgan fingerprint density at radius 1 is 1.29 bits per heavy atom. The van der Waals surface area contributed by atoms with Gasteiger partial charge < -0.3 is 15.1 Å². The summed E-state index contributed by atoms with van der Waals surface area (Å²) in [6.07, 6.45) is 2.05. The van der Waals surface area contributed by atoms with E-state index in [9.17, 15) is 14.7 Å². The van der Waals surface area contributed by atoms with Gasteiger partial charge >= 0.3 is 5.97 Å². The third kappa shape index (κ3) is 4.73. The number of hydrogen-bond donors (Lipinski definition) is 2. The fourth-order valence-corrected chi connectivity index (χ4v) is 1.99. The van der Waals surface area contributed by atoms with E-state index in [0.717, 1.165) is 6.42 Å². The van der Waals surface area contributed by atoms with E-state index >= 15 is 0 Å². The number of hydrogen-bond acceptors (Lipinski definition) is 3. The van der Waals surface area contributed by atoms with Gasteiger partial charge in [-0.05, 0) is 25.2 Å². The first-order chi connectivity index (χ1) is 8.00. The van der Waals surface area contributed by atoms with Gasteiger partial charge in [-0.25, -0.2) is 0 Å². The monoisotopic (exact) mass is 243 g/mol. The number of piperidine rings is 1. The van der Waals surface area contributed by atoms with Gasteiger partial charge in [0.25, 0.3) is 0 Å². The van der Waals surface area contributed by atoms with Gasteiger partial charge in [-0.15, -0.1) is 0 Å². The molecule has 5 heteroatoms. The predicted molar refractivity (Wildman–Crippen MR) is 62.5 cm³/mol. The smallest absolute Gasteiger partial charge is 0.303 e. The Labute approximate surface area is 101 Å². The van der Waals surface area contributed by atoms with Gasteiger partial charge in [0.2, 0.25) is 5.91 Å². The Bertz CT molecular complexity index is 280. The molecule has 0 bridgehead atoms. The average Bonchev–Trinajstić information content (AvgIpc) is 2.27. The Balaban J connectivity index is 2.21. The standard InChI is InChI=1S/C12H21NO4/c1-9-6-7-13(8-10(9)14)11(15)4-2-3-5-12(16)17/h9-10,14H,2-8H2,1H3,(H,16,17). The van der Waals surface area contributed by atoms with Crippen molar-refractivity contribution in [3.8, 4) is 0 Å². The van der Waals surface area contributed by atoms with Gasteiger partial charge in [0, 0.05) is 25.9 Å². The molecule has 1 aliphatic heterocycles. The van der Waals surface area contributed by atoms with E-state index in [4.69, 9.17) is 5.11 Å². The number of carbonyl (C=O) groups excluding carboxylic acids is 1. The first kappa shape index (κ1) is 14.0. The van der Waals surface area contributed by atoms with Crippen molar-refractivity contribution in [3.63, 3.8) is 0 Å². The summed E-state index contributed by atoms with van der Waals surface area (Å²) in [5.74, 6) is -0.535. The van der Waals surface area contributed by atoms with Crippen LogP contribution < -0.4 is 0 Å². The molecule has 5 nitrogen and oxygen atoms in total. The number of carbonyl (C=O) groups is 2. The van der Waals surface area contributed by atoms with Crippen molar-refractivity contribution in [1.29, 1.82) is 0 Å². The number of rotatable bonds is 5. The number of nitrogens with zero attached hydrogens (tertiary/aromatic N) is 1. The van der Waals surface area contributed by atoms with E-state index < -0.39 is 12.1 Å². The molecule has 1 fully saturated rings. The lowest BCUT2D eigenvalue weighted by molar-refractivity contribution is -0.138. The number of aliphatic carboxylic acids is 1. The van der Waals surface area contributed by atoms with Crippen LogP contribution in [-0.2, 0) is 9.59 Å². The topological polar surface area (TPSA) is 77.8 Å². The van der Waals surface area contributed by atoms with Gasteiger partial charge in [-0.1, -0.05) is 6.92 Å². The summed E-state index contributed by atoms with van der Waals surface area (Å²) in [5, 5.41) is 18.1. The van der Waals surface area contributed by atoms with Gasteiger partial charge in [-0.2, -0.15) is 0 Å². The molecule has 0 radical (unpaired) electrons. The van der Waals surface area contributed by atoms with E-state index in [-0.39, 0.29) is 18.2 Å². The minimum absolute atomic E-state index is 0.0290. The average molecular weight is 243 g/mol. The largest absolute Gasteiger partial charge is 0.481 e. The van der Waals surface area contributed by atoms with E-state index in [0.29, 0.717) is 32.4 Å². The molecule has 0 aliphatic carbocycles. The number of amides is 1. The quantitative estimate of drug-likeness (QED) is 0.702. The lowest BCUT2D eigenvalue weighted by Gasteiger charge is -2.34. The molecule has 0 saturated carbocycles. The number of carboxylic acid groups (broad SMARTS) is 1. The van der Waals surface area contributed by atoms with Crippen molar-refractivity contribution < 1.29 is 19.8 Å². The molecule has 0 spiro atoms. The van der Waals surface area contributed by atoms with Crippen molar-refractivity contribution in [2.24, 2.45) is 5.92 Å². The zero-order valence-electron chi connectivity index (χ0n) is 10.3. The Morgan fingerprint density at radius 3 is 2.53 bits per heavy atom. The number of β-amino-alcohol motifs (C(OH)–C–C–N with tert-alkyl or cyclic N) is 1. The van der Waals surface area contributed by atoms with Gasteiger partial charge in [0.1, 0.15) is 0 Å². The lowest BCUT2D eigenvalue weighted by Crippen LogP contribution is -2.45. The highest BCUT2D eigenvalue weighted by atomic mass is 16.4. The maximum atomic E-state index is 11.8. The van der Waals surface area contributed by atoms with Crippen LogP contribution in [0, 0.1) is 5.92 Å². The number of carboxylic acids is 1. The first-order valence-electron chi connectivity index (χ1n) is 6.18. The molecule has 1 rings (SSSR count). The van der Waals surface area contributed by atoms with Crippen LogP contribution in [0.15, 0.2) is 0 Å². The van der Waals surface area contributed by atoms with E-state index in [2.05, 4.69) is 0 Å². The number of aliphatic hydroxyl groups excluding tert-OH is 1. The molecule has 98 valence electrons. The van der Waals surface area contributed by atoms with Gasteiger partial charge in [-0.3, -0.25) is 9.59 Å². The highest BCUT2D eigenvalue weighted by Crippen LogP contribution is 2.18. The summed E-state index contributed by atoms with van der Waals surface area (Å²) < 4.78 is 0. The predicted octanol–water partition coefficient (Wildman–Crippen LogP) is 0.861. The van der Waals surface area contributed by atoms with E-state index in [1.807, 2.05) is 6.92 Å². The second-order valence-electron chi connectivity index (χ2n) is 4.77. The van der Waals surface area contributed by atoms with Crippen LogP contribution in [0.4, 0.5) is 0 Å². The lowest BCUT2D eigenvalue weighted by atomic mass is 9.96. The van der Waals surface area contributed by atoms with E-state index in [1.165, 1.54) is 0 Å². The Hall–Kier alpha value is -1.10. The zero-order valence-corrected chi connectivity index (χ0v) is 10.3. The molecule has 1 saturated heterocycles. The van der Waals surface area contributed by atoms with Crippen molar-refractivity contribution in [2.45, 2.75) is 45.1 Å². The summed E-state index contributed by atoms with van der Waals surface area (Å²) in [6.45, 7) is 3.11. The molecule has 1 aliphatic rings. The van der Waals surface area contributed by atoms with Crippen LogP contribution in [-0.4, -0.2) is 46.2 Å². The molecule has 2 unspecified atom stereocenters. The maximum Gasteiger partial charge on any atom is 0.303 e. The van der Waals surface area contributed by atoms with Crippen LogP contribution in [0.1, 0.15) is 39.0 Å². The molecule has 0 aromatic heterocycles. The van der Waals surface area contributed by atoms with Gasteiger partial charge in [0.05, 0.1) is 6.10 Å². The summed E-state index contributed by atoms with van der Waals surface area (Å²) in [5.41, 5.74) is 0. The third-order valence-electron chi connectivity index (χ3n) is 3.30. The summed E-state index contributed by atoms with van der Waals surface area (Å²) in [6, 6.07) is 0. The summed E-state index contributed by atoms with van der Waals surface area (Å²) >= 11 is 0. The molecular weight excluding hydrogens is 222 g/mol. The van der Waals surface area contributed by atoms with Crippen molar-refractivity contribution in [1.82, 2.24) is 4.90 Å². The minimum Gasteiger partial charge on any atom is -0.481 e. The van der Waals surface area contributed by atoms with Crippen molar-refractivity contribution >= 4 is 11.9 Å². The van der Waals surface area contributed by atoms with Crippen LogP contribution in [0.5, 0.6) is 0 Å². The summed E-state index contributed by atoms with van der Waals surface area (Å²) in [7, 11) is 0. The highest BCUT2D eigenvalue weighted by molar-refractivity contribution is 5.76. The molecule has 0 aromatic rings. The maximum absolute atomic E-state index is 11.8. The van der Waals surface area contributed by atoms with Crippen LogP contribution >= 0.6 is 0 Å². The zero-order chi connectivity index (χ0) is 12.8. The van der Waals surface area contributed by atoms with Crippen LogP contribution in [0.25, 0.3) is 0 Å². The molecule has 2 atom stereocenters. The number of aliphatic hydroxyl groups is 1. The van der Waals surface area contributed by atoms with Crippen molar-refractivity contribution in [2.75, 3.05) is 13.1 Å². The number of unbranched alkanes of at least 4 members (excludes halogenated alkanes) is 1. The van der Waals surface area contributed by atoms with Gasteiger partial charge in [0.15, 0.2) is 0 Å². The Kier molecular flexibility index (Phi) is 5.41. The first-order valence-corrected chi connectivity index (χ1v) is 6.18. The summed E-state index contributed by atoms with van der Waals surface area (Å²) in [4.78, 5) is 23.7. The fraction of sp³-hybridized carbons (Fsp3) is 0.833. The molecule has 1 amide bonds. The molecular formula is C12H21NO4. The fourth-order valence-electron chi connectivity index (χ4n) is 1.99. The third-order valence-corrected chi connectivity index (χ3v) is 3.30. The van der Waals surface area contributed by atoms with E-state index in [1.54, 1.807) is 4.90 Å². The van der Waals surface area contributed by atoms with Crippen LogP contribution in [0.2, 0.25) is 0 Å². The molecule has 17 heavy (non-hydrogen) atoms. The van der Waals surface area contributed by atoms with Crippen molar-refractivity contribution in [3.05, 3.63) is 0 Å². The SMILES string of the molecule is CC1CCN(C(=O)CCCCC(=O)O)CC1O.